The minimum absolute atomic E-state index is 0.180. The number of carbonyl (C=O) groups excluding carboxylic acids is 1. The number of methoxy groups -OCH3 is 1. The van der Waals surface area contributed by atoms with Gasteiger partial charge in [0, 0.05) is 13.7 Å². The molecule has 2 rings (SSSR count). The van der Waals surface area contributed by atoms with Crippen molar-refractivity contribution in [3.05, 3.63) is 52.9 Å². The summed E-state index contributed by atoms with van der Waals surface area (Å²) in [4.78, 5) is 12.0. The Kier molecular flexibility index (Phi) is 4.53. The normalized spacial score (nSPS) is 12.2. The molecule has 1 aromatic heterocycles. The van der Waals surface area contributed by atoms with Crippen molar-refractivity contribution in [2.24, 2.45) is 0 Å². The van der Waals surface area contributed by atoms with Crippen molar-refractivity contribution >= 4 is 5.91 Å². The maximum Gasteiger partial charge on any atom is 0.256 e. The number of ether oxygens (including phenoxy) is 1. The van der Waals surface area contributed by atoms with E-state index in [0.29, 0.717) is 17.9 Å². The highest BCUT2D eigenvalue weighted by Gasteiger charge is 2.17. The fourth-order valence-corrected chi connectivity index (χ4v) is 2.07. The molecular formula is C15H18N2O3. The fourth-order valence-electron chi connectivity index (χ4n) is 2.07. The zero-order valence-electron chi connectivity index (χ0n) is 11.8. The van der Waals surface area contributed by atoms with Crippen LogP contribution in [0.15, 0.2) is 35.0 Å². The molecule has 0 saturated heterocycles. The van der Waals surface area contributed by atoms with Gasteiger partial charge < -0.3 is 14.6 Å². The lowest BCUT2D eigenvalue weighted by Gasteiger charge is -2.18. The zero-order chi connectivity index (χ0) is 14.5. The average Bonchev–Trinajstić information content (AvgIpc) is 2.87. The van der Waals surface area contributed by atoms with Crippen LogP contribution in [0.5, 0.6) is 0 Å². The van der Waals surface area contributed by atoms with Crippen LogP contribution in [0.2, 0.25) is 0 Å². The molecule has 1 amide bonds. The summed E-state index contributed by atoms with van der Waals surface area (Å²) in [5.74, 6) is 0.298. The molecule has 0 radical (unpaired) electrons. The van der Waals surface area contributed by atoms with Gasteiger partial charge >= 0.3 is 0 Å². The van der Waals surface area contributed by atoms with Crippen LogP contribution >= 0.6 is 0 Å². The summed E-state index contributed by atoms with van der Waals surface area (Å²) in [6.07, 6.45) is 1.24. The number of nitrogens with one attached hydrogen (secondary N) is 1. The van der Waals surface area contributed by atoms with Crippen molar-refractivity contribution in [3.63, 3.8) is 0 Å². The molecule has 5 heteroatoms. The minimum atomic E-state index is -0.209. The molecule has 2 aromatic rings. The maximum atomic E-state index is 12.0. The molecule has 0 spiro atoms. The summed E-state index contributed by atoms with van der Waals surface area (Å²) in [6, 6.07) is 7.96. The van der Waals surface area contributed by atoms with E-state index in [0.717, 1.165) is 11.1 Å². The molecule has 20 heavy (non-hydrogen) atoms. The highest BCUT2D eigenvalue weighted by molar-refractivity contribution is 5.94. The van der Waals surface area contributed by atoms with E-state index in [2.05, 4.69) is 10.5 Å². The van der Waals surface area contributed by atoms with E-state index in [9.17, 15) is 4.79 Å². The van der Waals surface area contributed by atoms with Gasteiger partial charge in [0.1, 0.15) is 11.3 Å². The second-order valence-corrected chi connectivity index (χ2v) is 4.59. The summed E-state index contributed by atoms with van der Waals surface area (Å²) >= 11 is 0. The third-order valence-corrected chi connectivity index (χ3v) is 3.26. The number of aromatic nitrogens is 1. The first-order chi connectivity index (χ1) is 9.63. The number of hydrogen-bond donors (Lipinski definition) is 1. The van der Waals surface area contributed by atoms with Gasteiger partial charge in [-0.1, -0.05) is 29.4 Å². The second kappa shape index (κ2) is 6.34. The molecule has 0 fully saturated rings. The largest absolute Gasteiger partial charge is 0.375 e. The summed E-state index contributed by atoms with van der Waals surface area (Å²) in [7, 11) is 1.63. The van der Waals surface area contributed by atoms with Crippen molar-refractivity contribution < 1.29 is 14.1 Å². The van der Waals surface area contributed by atoms with Crippen molar-refractivity contribution in [1.29, 1.82) is 0 Å². The molecule has 5 nitrogen and oxygen atoms in total. The number of amides is 1. The minimum Gasteiger partial charge on any atom is -0.375 e. The summed E-state index contributed by atoms with van der Waals surface area (Å²) < 4.78 is 10.3. The highest BCUT2D eigenvalue weighted by atomic mass is 16.5. The summed E-state index contributed by atoms with van der Waals surface area (Å²) in [6.45, 7) is 4.12. The Morgan fingerprint density at radius 3 is 2.75 bits per heavy atom. The Balaban J connectivity index is 2.03. The van der Waals surface area contributed by atoms with Gasteiger partial charge in [-0.15, -0.1) is 0 Å². The third kappa shape index (κ3) is 3.05. The molecule has 1 N–H and O–H groups in total. The van der Waals surface area contributed by atoms with E-state index in [1.807, 2.05) is 31.2 Å². The fraction of sp³-hybridized carbons (Fsp3) is 0.333. The number of aryl methyl sites for hydroxylation is 2. The van der Waals surface area contributed by atoms with E-state index >= 15 is 0 Å². The Bertz CT molecular complexity index is 592. The first-order valence-electron chi connectivity index (χ1n) is 6.41. The molecule has 0 bridgehead atoms. The molecule has 106 valence electrons. The average molecular weight is 274 g/mol. The molecule has 0 unspecified atom stereocenters. The van der Waals surface area contributed by atoms with Crippen molar-refractivity contribution in [3.8, 4) is 0 Å². The molecule has 0 aliphatic carbocycles. The molecule has 1 heterocycles. The van der Waals surface area contributed by atoms with E-state index in [1.165, 1.54) is 6.20 Å². The van der Waals surface area contributed by atoms with E-state index in [1.54, 1.807) is 14.0 Å². The predicted octanol–water partition coefficient (Wildman–Crippen LogP) is 2.41. The van der Waals surface area contributed by atoms with Crippen LogP contribution in [0, 0.1) is 13.8 Å². The standard InChI is InChI=1S/C15H18N2O3/c1-10-6-4-5-7-12(10)14(19-3)9-16-15(18)13-8-17-20-11(13)2/h4-8,14H,9H2,1-3H3,(H,16,18)/t14-/m1/s1. The molecule has 0 saturated carbocycles. The lowest BCUT2D eigenvalue weighted by atomic mass is 10.0. The van der Waals surface area contributed by atoms with Gasteiger partial charge in [-0.3, -0.25) is 4.79 Å². The number of benzene rings is 1. The Hall–Kier alpha value is -2.14. The van der Waals surface area contributed by atoms with Crippen molar-refractivity contribution in [1.82, 2.24) is 10.5 Å². The lowest BCUT2D eigenvalue weighted by molar-refractivity contribution is 0.0825. The predicted molar refractivity (Wildman–Crippen MR) is 74.5 cm³/mol. The van der Waals surface area contributed by atoms with Crippen LogP contribution in [0.1, 0.15) is 33.3 Å². The Morgan fingerprint density at radius 2 is 2.15 bits per heavy atom. The molecular weight excluding hydrogens is 256 g/mol. The SMILES string of the molecule is CO[C@H](CNC(=O)c1cnoc1C)c1ccccc1C. The Morgan fingerprint density at radius 1 is 1.40 bits per heavy atom. The van der Waals surface area contributed by atoms with Gasteiger partial charge in [-0.2, -0.15) is 0 Å². The van der Waals surface area contributed by atoms with Crippen LogP contribution in [0.4, 0.5) is 0 Å². The number of hydrogen-bond acceptors (Lipinski definition) is 4. The molecule has 1 atom stereocenters. The van der Waals surface area contributed by atoms with Crippen LogP contribution in [0.3, 0.4) is 0 Å². The van der Waals surface area contributed by atoms with Gasteiger partial charge in [0.05, 0.1) is 12.3 Å². The number of carbonyl (C=O) groups is 1. The Labute approximate surface area is 117 Å². The zero-order valence-corrected chi connectivity index (χ0v) is 11.8. The van der Waals surface area contributed by atoms with Gasteiger partial charge in [0.25, 0.3) is 5.91 Å². The van der Waals surface area contributed by atoms with Crippen molar-refractivity contribution in [2.75, 3.05) is 13.7 Å². The van der Waals surface area contributed by atoms with Crippen LogP contribution in [-0.4, -0.2) is 24.7 Å². The second-order valence-electron chi connectivity index (χ2n) is 4.59. The van der Waals surface area contributed by atoms with Gasteiger partial charge in [-0.25, -0.2) is 0 Å². The molecule has 0 aliphatic heterocycles. The first-order valence-corrected chi connectivity index (χ1v) is 6.41. The van der Waals surface area contributed by atoms with Gasteiger partial charge in [-0.05, 0) is 25.0 Å². The van der Waals surface area contributed by atoms with Gasteiger partial charge in [0.15, 0.2) is 0 Å². The van der Waals surface area contributed by atoms with Gasteiger partial charge in [0.2, 0.25) is 0 Å². The van der Waals surface area contributed by atoms with Crippen LogP contribution in [-0.2, 0) is 4.74 Å². The smallest absolute Gasteiger partial charge is 0.256 e. The van der Waals surface area contributed by atoms with E-state index in [4.69, 9.17) is 9.26 Å². The lowest BCUT2D eigenvalue weighted by Crippen LogP contribution is -2.29. The maximum absolute atomic E-state index is 12.0. The first kappa shape index (κ1) is 14.3. The van der Waals surface area contributed by atoms with Crippen LogP contribution < -0.4 is 5.32 Å². The highest BCUT2D eigenvalue weighted by Crippen LogP contribution is 2.19. The molecule has 0 aliphatic rings. The topological polar surface area (TPSA) is 64.4 Å². The third-order valence-electron chi connectivity index (χ3n) is 3.26. The quantitative estimate of drug-likeness (QED) is 0.909. The van der Waals surface area contributed by atoms with E-state index < -0.39 is 0 Å². The van der Waals surface area contributed by atoms with Crippen molar-refractivity contribution in [2.45, 2.75) is 20.0 Å². The van der Waals surface area contributed by atoms with Crippen LogP contribution in [0.25, 0.3) is 0 Å². The van der Waals surface area contributed by atoms with E-state index in [-0.39, 0.29) is 12.0 Å². The number of rotatable bonds is 5. The monoisotopic (exact) mass is 274 g/mol. The number of nitrogens with zero attached hydrogens (tertiary/aromatic N) is 1. The summed E-state index contributed by atoms with van der Waals surface area (Å²) in [5, 5.41) is 6.43. The summed E-state index contributed by atoms with van der Waals surface area (Å²) in [5.41, 5.74) is 2.65. The molecule has 1 aromatic carbocycles.